The first kappa shape index (κ1) is 12.7. The monoisotopic (exact) mass is 269 g/mol. The minimum absolute atomic E-state index is 0.166. The summed E-state index contributed by atoms with van der Waals surface area (Å²) in [5.41, 5.74) is 1.45. The van der Waals surface area contributed by atoms with Gasteiger partial charge in [-0.05, 0) is 29.8 Å². The number of hydrogen-bond donors (Lipinski definition) is 2. The summed E-state index contributed by atoms with van der Waals surface area (Å²) >= 11 is 0. The largest absolute Gasteiger partial charge is 0.478 e. The predicted octanol–water partition coefficient (Wildman–Crippen LogP) is 2.86. The molecule has 0 unspecified atom stereocenters. The Bertz CT molecular complexity index is 618. The zero-order valence-electron chi connectivity index (χ0n) is 10.9. The van der Waals surface area contributed by atoms with Crippen LogP contribution in [-0.2, 0) is 0 Å². The molecule has 2 aromatic rings. The lowest BCUT2D eigenvalue weighted by atomic mass is 9.94. The van der Waals surface area contributed by atoms with Crippen LogP contribution in [0.4, 0.5) is 0 Å². The second-order valence-electron chi connectivity index (χ2n) is 4.83. The molecule has 0 radical (unpaired) electrons. The van der Waals surface area contributed by atoms with Gasteiger partial charge in [0.1, 0.15) is 17.1 Å². The normalized spacial score (nSPS) is 14.6. The number of carbonyl (C=O) groups is 1. The van der Waals surface area contributed by atoms with Gasteiger partial charge in [-0.25, -0.2) is 4.79 Å². The number of carboxylic acid groups (broad SMARTS) is 1. The lowest BCUT2D eigenvalue weighted by molar-refractivity contribution is 0.0694. The van der Waals surface area contributed by atoms with Crippen LogP contribution >= 0.6 is 0 Å². The van der Waals surface area contributed by atoms with Crippen LogP contribution in [0.5, 0.6) is 11.5 Å². The molecule has 0 amide bonds. The topological polar surface area (TPSA) is 58.6 Å². The van der Waals surface area contributed by atoms with Crippen LogP contribution in [0.1, 0.15) is 21.8 Å². The molecule has 0 aromatic heterocycles. The Labute approximate surface area is 117 Å². The second-order valence-corrected chi connectivity index (χ2v) is 4.83. The summed E-state index contributed by atoms with van der Waals surface area (Å²) in [5, 5.41) is 12.4. The first-order valence-corrected chi connectivity index (χ1v) is 6.55. The minimum Gasteiger partial charge on any atom is -0.478 e. The van der Waals surface area contributed by atoms with Gasteiger partial charge in [0.25, 0.3) is 0 Å². The van der Waals surface area contributed by atoms with Crippen LogP contribution in [0.25, 0.3) is 0 Å². The highest BCUT2D eigenvalue weighted by Crippen LogP contribution is 2.27. The van der Waals surface area contributed by atoms with Crippen molar-refractivity contribution < 1.29 is 14.6 Å². The molecule has 2 aromatic carbocycles. The molecule has 4 heteroatoms. The van der Waals surface area contributed by atoms with Crippen LogP contribution in [0.2, 0.25) is 0 Å². The highest BCUT2D eigenvalue weighted by Gasteiger charge is 2.18. The van der Waals surface area contributed by atoms with Gasteiger partial charge >= 0.3 is 5.97 Å². The molecule has 3 rings (SSSR count). The molecule has 4 nitrogen and oxygen atoms in total. The average Bonchev–Trinajstić information content (AvgIpc) is 2.39. The van der Waals surface area contributed by atoms with E-state index in [9.17, 15) is 4.79 Å². The lowest BCUT2D eigenvalue weighted by Gasteiger charge is -2.27. The SMILES string of the molecule is O=C(O)c1ccccc1Oc1ccc(C2CNC2)cc1. The van der Waals surface area contributed by atoms with Crippen molar-refractivity contribution in [3.05, 3.63) is 59.7 Å². The van der Waals surface area contributed by atoms with E-state index in [1.54, 1.807) is 18.2 Å². The van der Waals surface area contributed by atoms with Crippen molar-refractivity contribution in [2.24, 2.45) is 0 Å². The molecule has 102 valence electrons. The lowest BCUT2D eigenvalue weighted by Crippen LogP contribution is -2.39. The van der Waals surface area contributed by atoms with Crippen LogP contribution in [0.15, 0.2) is 48.5 Å². The van der Waals surface area contributed by atoms with E-state index in [1.807, 2.05) is 24.3 Å². The summed E-state index contributed by atoms with van der Waals surface area (Å²) in [6.45, 7) is 2.03. The first-order chi connectivity index (χ1) is 9.74. The van der Waals surface area contributed by atoms with E-state index in [2.05, 4.69) is 5.32 Å². The number of nitrogens with one attached hydrogen (secondary N) is 1. The molecule has 1 aliphatic rings. The third-order valence-corrected chi connectivity index (χ3v) is 3.48. The van der Waals surface area contributed by atoms with Crippen molar-refractivity contribution in [2.75, 3.05) is 13.1 Å². The number of hydrogen-bond acceptors (Lipinski definition) is 3. The Hall–Kier alpha value is -2.33. The molecule has 2 N–H and O–H groups in total. The highest BCUT2D eigenvalue weighted by atomic mass is 16.5. The summed E-state index contributed by atoms with van der Waals surface area (Å²) in [4.78, 5) is 11.1. The number of para-hydroxylation sites is 1. The molecule has 0 atom stereocenters. The van der Waals surface area contributed by atoms with Crippen LogP contribution in [0.3, 0.4) is 0 Å². The van der Waals surface area contributed by atoms with Crippen molar-refractivity contribution in [2.45, 2.75) is 5.92 Å². The average molecular weight is 269 g/mol. The number of rotatable bonds is 4. The van der Waals surface area contributed by atoms with Crippen molar-refractivity contribution in [3.63, 3.8) is 0 Å². The molecule has 0 spiro atoms. The summed E-state index contributed by atoms with van der Waals surface area (Å²) in [6.07, 6.45) is 0. The first-order valence-electron chi connectivity index (χ1n) is 6.55. The van der Waals surface area contributed by atoms with Crippen molar-refractivity contribution in [1.29, 1.82) is 0 Å². The molecular formula is C16H15NO3. The van der Waals surface area contributed by atoms with Gasteiger partial charge in [-0.2, -0.15) is 0 Å². The standard InChI is InChI=1S/C16H15NO3/c18-16(19)14-3-1-2-4-15(14)20-13-7-5-11(6-8-13)12-9-17-10-12/h1-8,12,17H,9-10H2,(H,18,19). The van der Waals surface area contributed by atoms with E-state index >= 15 is 0 Å². The molecule has 20 heavy (non-hydrogen) atoms. The van der Waals surface area contributed by atoms with Crippen molar-refractivity contribution in [3.8, 4) is 11.5 Å². The van der Waals surface area contributed by atoms with Gasteiger partial charge in [0.05, 0.1) is 0 Å². The Kier molecular flexibility index (Phi) is 3.39. The third kappa shape index (κ3) is 2.51. The van der Waals surface area contributed by atoms with Gasteiger partial charge in [0.2, 0.25) is 0 Å². The quantitative estimate of drug-likeness (QED) is 0.896. The van der Waals surface area contributed by atoms with Gasteiger partial charge in [0.15, 0.2) is 0 Å². The van der Waals surface area contributed by atoms with E-state index in [1.165, 1.54) is 11.6 Å². The van der Waals surface area contributed by atoms with E-state index in [4.69, 9.17) is 9.84 Å². The van der Waals surface area contributed by atoms with Crippen LogP contribution in [0, 0.1) is 0 Å². The molecule has 0 saturated carbocycles. The number of carboxylic acids is 1. The van der Waals surface area contributed by atoms with E-state index in [0.29, 0.717) is 17.4 Å². The summed E-state index contributed by atoms with van der Waals surface area (Å²) in [7, 11) is 0. The minimum atomic E-state index is -0.988. The molecule has 1 saturated heterocycles. The molecule has 1 heterocycles. The summed E-state index contributed by atoms with van der Waals surface area (Å²) in [6, 6.07) is 14.5. The highest BCUT2D eigenvalue weighted by molar-refractivity contribution is 5.90. The third-order valence-electron chi connectivity index (χ3n) is 3.48. The van der Waals surface area contributed by atoms with Gasteiger partial charge in [0, 0.05) is 19.0 Å². The molecule has 0 bridgehead atoms. The van der Waals surface area contributed by atoms with Gasteiger partial charge < -0.3 is 15.2 Å². The van der Waals surface area contributed by atoms with Crippen LogP contribution in [-0.4, -0.2) is 24.2 Å². The van der Waals surface area contributed by atoms with Gasteiger partial charge in [-0.1, -0.05) is 24.3 Å². The van der Waals surface area contributed by atoms with Crippen molar-refractivity contribution >= 4 is 5.97 Å². The predicted molar refractivity (Wildman–Crippen MR) is 75.5 cm³/mol. The Morgan fingerprint density at radius 2 is 1.80 bits per heavy atom. The smallest absolute Gasteiger partial charge is 0.339 e. The van der Waals surface area contributed by atoms with Gasteiger partial charge in [-0.15, -0.1) is 0 Å². The molecular weight excluding hydrogens is 254 g/mol. The van der Waals surface area contributed by atoms with E-state index in [-0.39, 0.29) is 5.56 Å². The van der Waals surface area contributed by atoms with Gasteiger partial charge in [-0.3, -0.25) is 0 Å². The number of aromatic carboxylic acids is 1. The van der Waals surface area contributed by atoms with E-state index in [0.717, 1.165) is 13.1 Å². The fourth-order valence-electron chi connectivity index (χ4n) is 2.19. The maximum absolute atomic E-state index is 11.1. The molecule has 1 fully saturated rings. The fourth-order valence-corrected chi connectivity index (χ4v) is 2.19. The Morgan fingerprint density at radius 1 is 1.10 bits per heavy atom. The van der Waals surface area contributed by atoms with Crippen LogP contribution < -0.4 is 10.1 Å². The number of benzene rings is 2. The molecule has 0 aliphatic carbocycles. The van der Waals surface area contributed by atoms with Crippen molar-refractivity contribution in [1.82, 2.24) is 5.32 Å². The summed E-state index contributed by atoms with van der Waals surface area (Å²) in [5.74, 6) is 0.598. The maximum Gasteiger partial charge on any atom is 0.339 e. The summed E-state index contributed by atoms with van der Waals surface area (Å²) < 4.78 is 5.66. The number of ether oxygens (including phenoxy) is 1. The fraction of sp³-hybridized carbons (Fsp3) is 0.188. The second kappa shape index (κ2) is 5.35. The Balaban J connectivity index is 1.79. The van der Waals surface area contributed by atoms with E-state index < -0.39 is 5.97 Å². The zero-order valence-corrected chi connectivity index (χ0v) is 10.9. The Morgan fingerprint density at radius 3 is 2.40 bits per heavy atom. The maximum atomic E-state index is 11.1. The zero-order chi connectivity index (χ0) is 13.9. The molecule has 1 aliphatic heterocycles.